The molecule has 1 aromatic heterocycles. The highest BCUT2D eigenvalue weighted by Crippen LogP contribution is 2.42. The molecule has 1 amide bonds. The number of benzene rings is 1. The van der Waals surface area contributed by atoms with Crippen LogP contribution in [0.5, 0.6) is 0 Å². The maximum absolute atomic E-state index is 13.1. The van der Waals surface area contributed by atoms with Crippen LogP contribution in [0, 0.1) is 11.8 Å². The molecular weight excluding hydrogens is 491 g/mol. The highest BCUT2D eigenvalue weighted by molar-refractivity contribution is 5.94. The highest BCUT2D eigenvalue weighted by atomic mass is 19.4. The van der Waals surface area contributed by atoms with Gasteiger partial charge >= 0.3 is 6.18 Å². The standard InChI is InChI=1S/C30H40F3N3O2/c1-3-5-6-20-7-11-22(12-8-20)26(19-37)35-29(38)23-15-24-18-36(27(4-2)28(24)34-16-23)17-21-9-13-25(14-10-21)30(31,32)33/h7-8,11-12,15-16,21,25-27,37H,3-6,9-10,13-14,17-19H2,1-2H3,(H,35,38)/t21-,25-,26-,27-/m0/s1. The molecule has 1 aliphatic heterocycles. The van der Waals surface area contributed by atoms with E-state index in [1.54, 1.807) is 6.20 Å². The van der Waals surface area contributed by atoms with E-state index in [9.17, 15) is 23.1 Å². The van der Waals surface area contributed by atoms with Crippen LogP contribution in [0.3, 0.4) is 0 Å². The Kier molecular flexibility index (Phi) is 9.47. The van der Waals surface area contributed by atoms with Gasteiger partial charge in [-0.2, -0.15) is 13.2 Å². The SMILES string of the molecule is CCCCc1ccc([C@H](CO)NC(=O)c2cnc3c(c2)CN(C[C@H]2CC[C@H](C(F)(F)F)CC2)[C@H]3CC)cc1. The number of unbranched alkanes of at least 4 members (excludes halogenated alkanes) is 1. The number of nitrogens with zero attached hydrogens (tertiary/aromatic N) is 2. The number of halogens is 3. The summed E-state index contributed by atoms with van der Waals surface area (Å²) in [5, 5.41) is 12.9. The summed E-state index contributed by atoms with van der Waals surface area (Å²) in [6.45, 7) is 5.44. The minimum absolute atomic E-state index is 0.110. The lowest BCUT2D eigenvalue weighted by atomic mass is 9.81. The molecule has 38 heavy (non-hydrogen) atoms. The van der Waals surface area contributed by atoms with Gasteiger partial charge in [0.05, 0.1) is 35.9 Å². The molecule has 2 aliphatic rings. The lowest BCUT2D eigenvalue weighted by molar-refractivity contribution is -0.184. The molecular formula is C30H40F3N3O2. The van der Waals surface area contributed by atoms with Gasteiger partial charge in [-0.15, -0.1) is 0 Å². The Morgan fingerprint density at radius 2 is 1.87 bits per heavy atom. The molecule has 0 bridgehead atoms. The van der Waals surface area contributed by atoms with Crippen molar-refractivity contribution in [2.24, 2.45) is 11.8 Å². The number of hydrogen-bond donors (Lipinski definition) is 2. The molecule has 1 fully saturated rings. The first kappa shape index (κ1) is 28.6. The number of amides is 1. The minimum atomic E-state index is -4.09. The second kappa shape index (κ2) is 12.6. The smallest absolute Gasteiger partial charge is 0.391 e. The Hall–Kier alpha value is -2.45. The lowest BCUT2D eigenvalue weighted by Crippen LogP contribution is -2.33. The zero-order chi connectivity index (χ0) is 27.3. The minimum Gasteiger partial charge on any atom is -0.394 e. The van der Waals surface area contributed by atoms with Crippen molar-refractivity contribution >= 4 is 5.91 Å². The number of rotatable bonds is 10. The van der Waals surface area contributed by atoms with Crippen molar-refractivity contribution < 1.29 is 23.1 Å². The fourth-order valence-corrected chi connectivity index (χ4v) is 5.99. The van der Waals surface area contributed by atoms with Crippen molar-refractivity contribution in [3.8, 4) is 0 Å². The van der Waals surface area contributed by atoms with E-state index in [0.29, 0.717) is 24.9 Å². The van der Waals surface area contributed by atoms with Gasteiger partial charge in [0.25, 0.3) is 5.91 Å². The highest BCUT2D eigenvalue weighted by Gasteiger charge is 2.42. The number of aromatic nitrogens is 1. The lowest BCUT2D eigenvalue weighted by Gasteiger charge is -2.33. The molecule has 1 aliphatic carbocycles. The quantitative estimate of drug-likeness (QED) is 0.366. The van der Waals surface area contributed by atoms with E-state index in [1.807, 2.05) is 30.3 Å². The molecule has 2 atom stereocenters. The summed E-state index contributed by atoms with van der Waals surface area (Å²) in [6.07, 6.45) is 3.23. The van der Waals surface area contributed by atoms with Crippen LogP contribution in [0.1, 0.15) is 104 Å². The average Bonchev–Trinajstić information content (AvgIpc) is 3.26. The molecule has 8 heteroatoms. The number of aryl methyl sites for hydroxylation is 1. The number of fused-ring (bicyclic) bond motifs is 1. The van der Waals surface area contributed by atoms with E-state index in [2.05, 4.69) is 29.0 Å². The Balaban J connectivity index is 1.38. The largest absolute Gasteiger partial charge is 0.394 e. The number of aliphatic hydroxyl groups excluding tert-OH is 1. The van der Waals surface area contributed by atoms with E-state index in [0.717, 1.165) is 49.0 Å². The second-order valence-electron chi connectivity index (χ2n) is 10.9. The zero-order valence-corrected chi connectivity index (χ0v) is 22.4. The van der Waals surface area contributed by atoms with E-state index in [1.165, 1.54) is 5.56 Å². The van der Waals surface area contributed by atoms with Crippen molar-refractivity contribution in [3.63, 3.8) is 0 Å². The number of alkyl halides is 3. The number of aliphatic hydroxyl groups is 1. The van der Waals surface area contributed by atoms with Gasteiger partial charge in [0.1, 0.15) is 0 Å². The molecule has 0 unspecified atom stereocenters. The molecule has 1 aromatic carbocycles. The molecule has 2 heterocycles. The molecule has 2 aromatic rings. The van der Waals surface area contributed by atoms with Crippen LogP contribution in [0.15, 0.2) is 36.5 Å². The molecule has 0 radical (unpaired) electrons. The number of carbonyl (C=O) groups is 1. The van der Waals surface area contributed by atoms with Gasteiger partial charge in [0, 0.05) is 19.3 Å². The van der Waals surface area contributed by atoms with Crippen LogP contribution in [0.25, 0.3) is 0 Å². The number of pyridine rings is 1. The third kappa shape index (κ3) is 6.75. The molecule has 5 nitrogen and oxygen atoms in total. The van der Waals surface area contributed by atoms with Crippen LogP contribution in [-0.4, -0.2) is 40.2 Å². The van der Waals surface area contributed by atoms with Crippen LogP contribution >= 0.6 is 0 Å². The summed E-state index contributed by atoms with van der Waals surface area (Å²) < 4.78 is 39.2. The van der Waals surface area contributed by atoms with Crippen molar-refractivity contribution in [2.45, 2.75) is 90.0 Å². The van der Waals surface area contributed by atoms with Gasteiger partial charge in [-0.3, -0.25) is 14.7 Å². The van der Waals surface area contributed by atoms with Crippen molar-refractivity contribution in [3.05, 3.63) is 64.5 Å². The van der Waals surface area contributed by atoms with Crippen LogP contribution in [0.4, 0.5) is 13.2 Å². The predicted octanol–water partition coefficient (Wildman–Crippen LogP) is 6.52. The van der Waals surface area contributed by atoms with E-state index >= 15 is 0 Å². The van der Waals surface area contributed by atoms with Gasteiger partial charge in [-0.1, -0.05) is 44.5 Å². The maximum Gasteiger partial charge on any atom is 0.391 e. The Morgan fingerprint density at radius 1 is 1.16 bits per heavy atom. The van der Waals surface area contributed by atoms with Crippen molar-refractivity contribution in [1.82, 2.24) is 15.2 Å². The van der Waals surface area contributed by atoms with Crippen LogP contribution < -0.4 is 5.32 Å². The summed E-state index contributed by atoms with van der Waals surface area (Å²) in [7, 11) is 0. The third-order valence-electron chi connectivity index (χ3n) is 8.27. The molecule has 4 rings (SSSR count). The molecule has 208 valence electrons. The summed E-state index contributed by atoms with van der Waals surface area (Å²) >= 11 is 0. The first-order valence-corrected chi connectivity index (χ1v) is 14.0. The van der Waals surface area contributed by atoms with Gasteiger partial charge < -0.3 is 10.4 Å². The summed E-state index contributed by atoms with van der Waals surface area (Å²) in [5.41, 5.74) is 4.49. The number of carbonyl (C=O) groups excluding carboxylic acids is 1. The van der Waals surface area contributed by atoms with Crippen molar-refractivity contribution in [1.29, 1.82) is 0 Å². The topological polar surface area (TPSA) is 65.5 Å². The number of nitrogens with one attached hydrogen (secondary N) is 1. The van der Waals surface area contributed by atoms with E-state index in [-0.39, 0.29) is 37.3 Å². The van der Waals surface area contributed by atoms with Gasteiger partial charge in [0.15, 0.2) is 0 Å². The third-order valence-corrected chi connectivity index (χ3v) is 8.27. The van der Waals surface area contributed by atoms with Gasteiger partial charge in [0.2, 0.25) is 0 Å². The zero-order valence-electron chi connectivity index (χ0n) is 22.4. The predicted molar refractivity (Wildman–Crippen MR) is 142 cm³/mol. The van der Waals surface area contributed by atoms with Crippen molar-refractivity contribution in [2.75, 3.05) is 13.2 Å². The maximum atomic E-state index is 13.1. The van der Waals surface area contributed by atoms with Crippen LogP contribution in [-0.2, 0) is 13.0 Å². The van der Waals surface area contributed by atoms with Crippen LogP contribution in [0.2, 0.25) is 0 Å². The van der Waals surface area contributed by atoms with Gasteiger partial charge in [-0.05, 0) is 73.6 Å². The van der Waals surface area contributed by atoms with E-state index < -0.39 is 18.1 Å². The summed E-state index contributed by atoms with van der Waals surface area (Å²) in [6, 6.07) is 9.49. The Labute approximate surface area is 223 Å². The molecule has 2 N–H and O–H groups in total. The fourth-order valence-electron chi connectivity index (χ4n) is 5.99. The summed E-state index contributed by atoms with van der Waals surface area (Å²) in [4.78, 5) is 20.1. The summed E-state index contributed by atoms with van der Waals surface area (Å²) in [5.74, 6) is -1.20. The fraction of sp³-hybridized carbons (Fsp3) is 0.600. The first-order valence-electron chi connectivity index (χ1n) is 14.0. The van der Waals surface area contributed by atoms with Gasteiger partial charge in [-0.25, -0.2) is 0 Å². The first-order chi connectivity index (χ1) is 18.2. The monoisotopic (exact) mass is 531 g/mol. The Morgan fingerprint density at radius 3 is 2.47 bits per heavy atom. The average molecular weight is 532 g/mol. The molecule has 0 spiro atoms. The van der Waals surface area contributed by atoms with E-state index in [4.69, 9.17) is 0 Å². The second-order valence-corrected chi connectivity index (χ2v) is 10.9. The molecule has 0 saturated heterocycles. The Bertz CT molecular complexity index is 1070. The normalized spacial score (nSPS) is 22.7. The number of hydrogen-bond acceptors (Lipinski definition) is 4. The molecule has 1 saturated carbocycles.